The van der Waals surface area contributed by atoms with Crippen molar-refractivity contribution < 1.29 is 5.11 Å². The van der Waals surface area contributed by atoms with Gasteiger partial charge in [-0.15, -0.1) is 0 Å². The van der Waals surface area contributed by atoms with Crippen LogP contribution in [0.15, 0.2) is 18.3 Å². The van der Waals surface area contributed by atoms with Crippen LogP contribution in [0.25, 0.3) is 0 Å². The molecule has 0 saturated carbocycles. The molecule has 96 valence electrons. The van der Waals surface area contributed by atoms with Crippen molar-refractivity contribution in [3.05, 3.63) is 23.9 Å². The highest BCUT2D eigenvalue weighted by atomic mass is 16.3. The van der Waals surface area contributed by atoms with Crippen LogP contribution in [0.1, 0.15) is 31.2 Å². The maximum atomic E-state index is 9.80. The number of fused-ring (bicyclic) bond motifs is 2. The van der Waals surface area contributed by atoms with E-state index in [0.717, 1.165) is 31.5 Å². The van der Waals surface area contributed by atoms with Gasteiger partial charge >= 0.3 is 0 Å². The Labute approximate surface area is 106 Å². The number of hydrogen-bond donors (Lipinski definition) is 3. The zero-order chi connectivity index (χ0) is 12.7. The number of amidine groups is 1. The van der Waals surface area contributed by atoms with Crippen LogP contribution in [-0.2, 0) is 0 Å². The summed E-state index contributed by atoms with van der Waals surface area (Å²) in [6, 6.07) is 4.40. The van der Waals surface area contributed by atoms with Crippen LogP contribution in [0.5, 0.6) is 0 Å². The zero-order valence-corrected chi connectivity index (χ0v) is 10.2. The minimum Gasteiger partial charge on any atom is -0.393 e. The van der Waals surface area contributed by atoms with E-state index in [2.05, 4.69) is 9.88 Å². The van der Waals surface area contributed by atoms with Crippen LogP contribution in [0.4, 0.5) is 5.82 Å². The second-order valence-corrected chi connectivity index (χ2v) is 5.23. The van der Waals surface area contributed by atoms with Gasteiger partial charge in [0.2, 0.25) is 0 Å². The summed E-state index contributed by atoms with van der Waals surface area (Å²) in [5.41, 5.74) is 6.23. The highest BCUT2D eigenvalue weighted by molar-refractivity contribution is 5.95. The zero-order valence-electron chi connectivity index (χ0n) is 10.2. The highest BCUT2D eigenvalue weighted by Crippen LogP contribution is 2.38. The third kappa shape index (κ3) is 1.84. The van der Waals surface area contributed by atoms with E-state index in [1.807, 2.05) is 6.07 Å². The summed E-state index contributed by atoms with van der Waals surface area (Å²) in [6.07, 6.45) is 5.41. The number of rotatable bonds is 2. The fourth-order valence-corrected chi connectivity index (χ4v) is 3.25. The van der Waals surface area contributed by atoms with Crippen LogP contribution in [0.3, 0.4) is 0 Å². The third-order valence-electron chi connectivity index (χ3n) is 4.03. The monoisotopic (exact) mass is 246 g/mol. The van der Waals surface area contributed by atoms with E-state index in [0.29, 0.717) is 17.6 Å². The molecule has 3 rings (SSSR count). The largest absolute Gasteiger partial charge is 0.393 e. The first-order valence-corrected chi connectivity index (χ1v) is 6.42. The standard InChI is InChI=1S/C13H18N4O/c14-13(15)8-3-4-16-12(5-8)17-9-1-2-10(17)7-11(18)6-9/h3-5,9-11,18H,1-2,6-7H2,(H3,14,15). The molecule has 2 saturated heterocycles. The van der Waals surface area contributed by atoms with Crippen molar-refractivity contribution in [2.45, 2.75) is 43.9 Å². The lowest BCUT2D eigenvalue weighted by Crippen LogP contribution is -2.45. The Morgan fingerprint density at radius 3 is 2.67 bits per heavy atom. The molecule has 0 amide bonds. The summed E-state index contributed by atoms with van der Waals surface area (Å²) in [5, 5.41) is 17.3. The number of aliphatic hydroxyl groups is 1. The van der Waals surface area contributed by atoms with E-state index in [1.165, 1.54) is 0 Å². The molecule has 4 N–H and O–H groups in total. The molecule has 1 aromatic heterocycles. The second kappa shape index (κ2) is 4.24. The predicted octanol–water partition coefficient (Wildman–Crippen LogP) is 0.858. The van der Waals surface area contributed by atoms with E-state index in [4.69, 9.17) is 11.1 Å². The van der Waals surface area contributed by atoms with Crippen molar-refractivity contribution in [1.82, 2.24) is 4.98 Å². The number of aliphatic hydroxyl groups excluding tert-OH is 1. The van der Waals surface area contributed by atoms with Crippen molar-refractivity contribution in [1.29, 1.82) is 5.41 Å². The molecule has 0 aromatic carbocycles. The second-order valence-electron chi connectivity index (χ2n) is 5.23. The lowest BCUT2D eigenvalue weighted by Gasteiger charge is -2.38. The molecular weight excluding hydrogens is 228 g/mol. The molecule has 18 heavy (non-hydrogen) atoms. The number of pyridine rings is 1. The minimum atomic E-state index is -0.172. The Kier molecular flexibility index (Phi) is 2.70. The van der Waals surface area contributed by atoms with Gasteiger partial charge in [0, 0.05) is 23.8 Å². The number of hydrogen-bond acceptors (Lipinski definition) is 4. The molecule has 2 aliphatic heterocycles. The maximum Gasteiger partial charge on any atom is 0.129 e. The Hall–Kier alpha value is -1.62. The lowest BCUT2D eigenvalue weighted by atomic mass is 10.00. The average Bonchev–Trinajstić information content (AvgIpc) is 2.62. The van der Waals surface area contributed by atoms with Crippen molar-refractivity contribution >= 4 is 11.7 Å². The van der Waals surface area contributed by atoms with E-state index < -0.39 is 0 Å². The van der Waals surface area contributed by atoms with Crippen molar-refractivity contribution in [3.63, 3.8) is 0 Å². The van der Waals surface area contributed by atoms with Crippen LogP contribution in [0.2, 0.25) is 0 Å². The van der Waals surface area contributed by atoms with E-state index in [1.54, 1.807) is 12.3 Å². The topological polar surface area (TPSA) is 86.2 Å². The Balaban J connectivity index is 1.91. The van der Waals surface area contributed by atoms with Gasteiger partial charge in [-0.2, -0.15) is 0 Å². The van der Waals surface area contributed by atoms with Gasteiger partial charge in [-0.3, -0.25) is 5.41 Å². The Morgan fingerprint density at radius 2 is 2.06 bits per heavy atom. The van der Waals surface area contributed by atoms with Crippen molar-refractivity contribution in [2.75, 3.05) is 4.90 Å². The molecule has 5 nitrogen and oxygen atoms in total. The molecule has 0 spiro atoms. The molecule has 0 aliphatic carbocycles. The van der Waals surface area contributed by atoms with Gasteiger partial charge in [-0.25, -0.2) is 4.98 Å². The Bertz CT molecular complexity index is 462. The predicted molar refractivity (Wildman–Crippen MR) is 69.8 cm³/mol. The SMILES string of the molecule is N=C(N)c1ccnc(N2C3CCC2CC(O)C3)c1. The number of nitrogens with zero attached hydrogens (tertiary/aromatic N) is 2. The lowest BCUT2D eigenvalue weighted by molar-refractivity contribution is 0.126. The van der Waals surface area contributed by atoms with Gasteiger partial charge < -0.3 is 15.7 Å². The van der Waals surface area contributed by atoms with Crippen LogP contribution in [-0.4, -0.2) is 34.1 Å². The quantitative estimate of drug-likeness (QED) is 0.533. The molecule has 2 aliphatic rings. The summed E-state index contributed by atoms with van der Waals surface area (Å²) in [5.74, 6) is 0.963. The molecule has 2 unspecified atom stereocenters. The van der Waals surface area contributed by atoms with E-state index in [9.17, 15) is 5.11 Å². The van der Waals surface area contributed by atoms with Gasteiger partial charge in [-0.05, 0) is 37.8 Å². The van der Waals surface area contributed by atoms with Gasteiger partial charge in [0.1, 0.15) is 11.7 Å². The molecule has 2 fully saturated rings. The maximum absolute atomic E-state index is 9.80. The molecular formula is C13H18N4O. The number of aromatic nitrogens is 1. The third-order valence-corrected chi connectivity index (χ3v) is 4.03. The number of piperidine rings is 1. The summed E-state index contributed by atoms with van der Waals surface area (Å²) >= 11 is 0. The number of nitrogen functional groups attached to an aromatic ring is 1. The summed E-state index contributed by atoms with van der Waals surface area (Å²) in [4.78, 5) is 6.71. The van der Waals surface area contributed by atoms with E-state index in [-0.39, 0.29) is 11.9 Å². The fraction of sp³-hybridized carbons (Fsp3) is 0.538. The van der Waals surface area contributed by atoms with Gasteiger partial charge in [-0.1, -0.05) is 0 Å². The molecule has 3 heterocycles. The minimum absolute atomic E-state index is 0.0723. The highest BCUT2D eigenvalue weighted by Gasteiger charge is 2.40. The first-order chi connectivity index (χ1) is 8.65. The Morgan fingerprint density at radius 1 is 1.39 bits per heavy atom. The smallest absolute Gasteiger partial charge is 0.129 e. The average molecular weight is 246 g/mol. The molecule has 5 heteroatoms. The van der Waals surface area contributed by atoms with Gasteiger partial charge in [0.05, 0.1) is 6.10 Å². The number of nitrogens with one attached hydrogen (secondary N) is 1. The van der Waals surface area contributed by atoms with Gasteiger partial charge in [0.15, 0.2) is 0 Å². The molecule has 2 atom stereocenters. The molecule has 2 bridgehead atoms. The number of anilines is 1. The first kappa shape index (κ1) is 11.5. The first-order valence-electron chi connectivity index (χ1n) is 6.42. The number of nitrogens with two attached hydrogens (primary N) is 1. The fourth-order valence-electron chi connectivity index (χ4n) is 3.25. The summed E-state index contributed by atoms with van der Waals surface area (Å²) in [6.45, 7) is 0. The normalized spacial score (nSPS) is 30.5. The molecule has 1 aromatic rings. The summed E-state index contributed by atoms with van der Waals surface area (Å²) < 4.78 is 0. The summed E-state index contributed by atoms with van der Waals surface area (Å²) in [7, 11) is 0. The van der Waals surface area contributed by atoms with Crippen LogP contribution >= 0.6 is 0 Å². The van der Waals surface area contributed by atoms with Crippen molar-refractivity contribution in [2.24, 2.45) is 5.73 Å². The van der Waals surface area contributed by atoms with Gasteiger partial charge in [0.25, 0.3) is 0 Å². The van der Waals surface area contributed by atoms with Crippen LogP contribution < -0.4 is 10.6 Å². The van der Waals surface area contributed by atoms with Crippen molar-refractivity contribution in [3.8, 4) is 0 Å². The van der Waals surface area contributed by atoms with Crippen LogP contribution in [0, 0.1) is 5.41 Å². The molecule has 0 radical (unpaired) electrons. The van der Waals surface area contributed by atoms with E-state index >= 15 is 0 Å².